The molecule has 0 aromatic carbocycles. The molecular weight excluding hydrogens is 270 g/mol. The minimum atomic E-state index is 0. The van der Waals surface area contributed by atoms with E-state index in [2.05, 4.69) is 19.1 Å². The zero-order valence-corrected chi connectivity index (χ0v) is 10.2. The fourth-order valence-electron chi connectivity index (χ4n) is 0.664. The first kappa shape index (κ1) is 17.4. The molecule has 1 aliphatic rings. The molecule has 1 rings (SSSR count). The molecule has 0 aliphatic heterocycles. The third-order valence-electron chi connectivity index (χ3n) is 1.05. The minimum absolute atomic E-state index is 0. The Morgan fingerprint density at radius 3 is 1.90 bits per heavy atom. The molecular formula is C6H7Cl3Zr. The first-order valence-electron chi connectivity index (χ1n) is 2.38. The van der Waals surface area contributed by atoms with Crippen molar-refractivity contribution in [2.45, 2.75) is 13.3 Å². The van der Waals surface area contributed by atoms with Crippen LogP contribution in [0.3, 0.4) is 0 Å². The van der Waals surface area contributed by atoms with E-state index >= 15 is 0 Å². The second-order valence-electron chi connectivity index (χ2n) is 1.82. The first-order chi connectivity index (χ1) is 3.29. The molecule has 0 nitrogen and oxygen atoms in total. The van der Waals surface area contributed by atoms with Crippen molar-refractivity contribution in [3.8, 4) is 0 Å². The summed E-state index contributed by atoms with van der Waals surface area (Å²) in [6.07, 6.45) is 5.74. The number of rotatable bonds is 0. The Labute approximate surface area is 95.6 Å². The zero-order chi connectivity index (χ0) is 5.28. The number of allylic oxidation sites excluding steroid dienone is 4. The van der Waals surface area contributed by atoms with Crippen LogP contribution in [0, 0.1) is 0 Å². The minimum Gasteiger partial charge on any atom is -1.00 e. The van der Waals surface area contributed by atoms with Crippen molar-refractivity contribution in [1.29, 1.82) is 0 Å². The van der Waals surface area contributed by atoms with E-state index in [1.807, 2.05) is 0 Å². The van der Waals surface area contributed by atoms with E-state index < -0.39 is 0 Å². The number of hydrogen-bond acceptors (Lipinski definition) is 0. The average Bonchev–Trinajstić information content (AvgIpc) is 1.87. The van der Waals surface area contributed by atoms with Crippen molar-refractivity contribution < 1.29 is 61.9 Å². The Kier molecular flexibility index (Phi) is 14.5. The average molecular weight is 277 g/mol. The first-order valence-corrected chi connectivity index (χ1v) is 3.61. The van der Waals surface area contributed by atoms with Crippen molar-refractivity contribution in [1.82, 2.24) is 0 Å². The molecule has 0 N–H and O–H groups in total. The van der Waals surface area contributed by atoms with Gasteiger partial charge in [-0.3, -0.25) is 0 Å². The van der Waals surface area contributed by atoms with Gasteiger partial charge in [-0.1, -0.05) is 0 Å². The largest absolute Gasteiger partial charge is 1.00 e. The summed E-state index contributed by atoms with van der Waals surface area (Å²) in [5, 5.41) is 0. The maximum atomic E-state index is 2.27. The van der Waals surface area contributed by atoms with Crippen molar-refractivity contribution in [3.63, 3.8) is 0 Å². The third-order valence-corrected chi connectivity index (χ3v) is 1.90. The van der Waals surface area contributed by atoms with Crippen LogP contribution in [0.1, 0.15) is 13.3 Å². The molecule has 1 aliphatic carbocycles. The van der Waals surface area contributed by atoms with Crippen LogP contribution in [-0.2, 0) is 24.7 Å². The van der Waals surface area contributed by atoms with Gasteiger partial charge < -0.3 is 37.2 Å². The molecule has 56 valence electrons. The predicted molar refractivity (Wildman–Crippen MR) is 26.5 cm³/mol. The molecule has 0 radical (unpaired) electrons. The Hall–Kier alpha value is 1.23. The topological polar surface area (TPSA) is 0 Å². The second kappa shape index (κ2) is 8.33. The van der Waals surface area contributed by atoms with Crippen LogP contribution in [0.15, 0.2) is 21.0 Å². The Morgan fingerprint density at radius 2 is 1.80 bits per heavy atom. The van der Waals surface area contributed by atoms with Crippen molar-refractivity contribution in [2.24, 2.45) is 0 Å². The molecule has 10 heavy (non-hydrogen) atoms. The van der Waals surface area contributed by atoms with Crippen LogP contribution in [0.25, 0.3) is 0 Å². The molecule has 4 heteroatoms. The monoisotopic (exact) mass is 274 g/mol. The molecule has 0 saturated heterocycles. The van der Waals surface area contributed by atoms with Gasteiger partial charge in [0, 0.05) is 0 Å². The van der Waals surface area contributed by atoms with Gasteiger partial charge in [-0.15, -0.1) is 0 Å². The predicted octanol–water partition coefficient (Wildman–Crippen LogP) is -7.22. The van der Waals surface area contributed by atoms with Gasteiger partial charge in [0.25, 0.3) is 0 Å². The number of hydrogen-bond donors (Lipinski definition) is 0. The van der Waals surface area contributed by atoms with E-state index in [-0.39, 0.29) is 37.2 Å². The molecule has 0 fully saturated rings. The van der Waals surface area contributed by atoms with Crippen molar-refractivity contribution in [3.05, 3.63) is 21.0 Å². The van der Waals surface area contributed by atoms with E-state index in [9.17, 15) is 0 Å². The van der Waals surface area contributed by atoms with Crippen LogP contribution < -0.4 is 37.2 Å². The van der Waals surface area contributed by atoms with Gasteiger partial charge in [0.2, 0.25) is 0 Å². The smallest absolute Gasteiger partial charge is 1.00 e. The summed E-state index contributed by atoms with van der Waals surface area (Å²) in [4.78, 5) is 0. The SMILES string of the molecule is CC1=CC[C]([Zr+3])=C1.[Cl-].[Cl-].[Cl-]. The Morgan fingerprint density at radius 1 is 1.30 bits per heavy atom. The zero-order valence-electron chi connectivity index (χ0n) is 5.50. The second-order valence-corrected chi connectivity index (χ2v) is 3.40. The van der Waals surface area contributed by atoms with Gasteiger partial charge in [0.05, 0.1) is 0 Å². The molecule has 0 saturated carbocycles. The maximum Gasteiger partial charge on any atom is -1.00 e. The van der Waals surface area contributed by atoms with Gasteiger partial charge in [-0.2, -0.15) is 0 Å². The van der Waals surface area contributed by atoms with Gasteiger partial charge in [-0.25, -0.2) is 0 Å². The summed E-state index contributed by atoms with van der Waals surface area (Å²) in [7, 11) is 0. The molecule has 0 aromatic rings. The van der Waals surface area contributed by atoms with Gasteiger partial charge in [0.1, 0.15) is 0 Å². The van der Waals surface area contributed by atoms with Crippen LogP contribution in [0.4, 0.5) is 0 Å². The molecule has 0 spiro atoms. The van der Waals surface area contributed by atoms with Gasteiger partial charge >= 0.3 is 59.1 Å². The molecule has 0 heterocycles. The summed E-state index contributed by atoms with van der Waals surface area (Å²) >= 11 is 1.57. The van der Waals surface area contributed by atoms with Gasteiger partial charge in [-0.05, 0) is 0 Å². The maximum absolute atomic E-state index is 2.27. The van der Waals surface area contributed by atoms with Crippen LogP contribution in [0.5, 0.6) is 0 Å². The van der Waals surface area contributed by atoms with Gasteiger partial charge in [0.15, 0.2) is 0 Å². The molecule has 0 aromatic heterocycles. The van der Waals surface area contributed by atoms with E-state index in [4.69, 9.17) is 0 Å². The van der Waals surface area contributed by atoms with E-state index in [0.29, 0.717) is 0 Å². The summed E-state index contributed by atoms with van der Waals surface area (Å²) in [5.74, 6) is 0. The fourth-order valence-corrected chi connectivity index (χ4v) is 1.47. The summed E-state index contributed by atoms with van der Waals surface area (Å²) in [6, 6.07) is 0. The standard InChI is InChI=1S/C6H7.3ClH.Zr/c1-6-4-2-3-5-6;;;;/h4-5H,2H2,1H3;3*1H;/q;;;;+3/p-3. The Bertz CT molecular complexity index is 140. The van der Waals surface area contributed by atoms with Crippen molar-refractivity contribution >= 4 is 0 Å². The van der Waals surface area contributed by atoms with Crippen LogP contribution in [-0.4, -0.2) is 0 Å². The van der Waals surface area contributed by atoms with Crippen LogP contribution >= 0.6 is 0 Å². The quantitative estimate of drug-likeness (QED) is 0.413. The molecule has 0 amide bonds. The normalized spacial score (nSPS) is 13.5. The summed E-state index contributed by atoms with van der Waals surface area (Å²) in [6.45, 7) is 2.15. The fraction of sp³-hybridized carbons (Fsp3) is 0.333. The van der Waals surface area contributed by atoms with E-state index in [1.54, 1.807) is 28.0 Å². The number of halogens is 3. The van der Waals surface area contributed by atoms with Crippen molar-refractivity contribution in [2.75, 3.05) is 0 Å². The molecule has 0 unspecified atom stereocenters. The molecule has 0 atom stereocenters. The molecule has 0 bridgehead atoms. The van der Waals surface area contributed by atoms with Crippen LogP contribution in [0.2, 0.25) is 0 Å². The van der Waals surface area contributed by atoms with E-state index in [0.717, 1.165) is 0 Å². The third kappa shape index (κ3) is 5.98. The van der Waals surface area contributed by atoms with E-state index in [1.165, 1.54) is 12.0 Å². The Balaban J connectivity index is -0.000000163. The summed E-state index contributed by atoms with van der Waals surface area (Å²) in [5.41, 5.74) is 1.44. The summed E-state index contributed by atoms with van der Waals surface area (Å²) < 4.78 is 1.57.